The predicted octanol–water partition coefficient (Wildman–Crippen LogP) is 1.12. The normalized spacial score (nSPS) is 18.5. The fraction of sp³-hybridized carbons (Fsp3) is 0.286. The number of hydrogen-bond donors (Lipinski definition) is 1. The van der Waals surface area contributed by atoms with Gasteiger partial charge in [0.05, 0.1) is 13.2 Å². The molecule has 0 aromatic heterocycles. The zero-order valence-electron chi connectivity index (χ0n) is 11.4. The summed E-state index contributed by atoms with van der Waals surface area (Å²) in [6.45, 7) is 1.09. The molecule has 1 aromatic rings. The molecule has 0 saturated carbocycles. The number of carbonyl (C=O) groups is 1. The van der Waals surface area contributed by atoms with Gasteiger partial charge < -0.3 is 19.5 Å². The van der Waals surface area contributed by atoms with E-state index in [1.165, 1.54) is 4.90 Å². The lowest BCUT2D eigenvalue weighted by molar-refractivity contribution is -0.122. The molecule has 0 atom stereocenters. The molecular formula is C14H14N2O4S. The summed E-state index contributed by atoms with van der Waals surface area (Å²) in [4.78, 5) is 13.7. The van der Waals surface area contributed by atoms with E-state index in [1.807, 2.05) is 18.2 Å². The van der Waals surface area contributed by atoms with Crippen LogP contribution >= 0.6 is 12.2 Å². The van der Waals surface area contributed by atoms with Gasteiger partial charge in [-0.1, -0.05) is 6.07 Å². The van der Waals surface area contributed by atoms with E-state index in [4.69, 9.17) is 26.4 Å². The van der Waals surface area contributed by atoms with Gasteiger partial charge in [0.15, 0.2) is 16.6 Å². The highest BCUT2D eigenvalue weighted by atomic mass is 32.1. The lowest BCUT2D eigenvalue weighted by atomic mass is 10.1. The van der Waals surface area contributed by atoms with E-state index < -0.39 is 0 Å². The summed E-state index contributed by atoms with van der Waals surface area (Å²) in [5.74, 6) is 1.23. The van der Waals surface area contributed by atoms with Crippen molar-refractivity contribution in [1.82, 2.24) is 10.2 Å². The van der Waals surface area contributed by atoms with Crippen molar-refractivity contribution in [1.29, 1.82) is 0 Å². The maximum atomic E-state index is 12.3. The summed E-state index contributed by atoms with van der Waals surface area (Å²) >= 11 is 5.16. The summed E-state index contributed by atoms with van der Waals surface area (Å²) in [6, 6.07) is 5.50. The first kappa shape index (κ1) is 13.8. The molecule has 2 aliphatic heterocycles. The van der Waals surface area contributed by atoms with Crippen molar-refractivity contribution in [3.63, 3.8) is 0 Å². The Morgan fingerprint density at radius 3 is 3.05 bits per heavy atom. The SMILES string of the molecule is COCCN1C(=O)C(=Cc2ccc3c(c2)OCO3)NC1=S. The van der Waals surface area contributed by atoms with Gasteiger partial charge in [0, 0.05) is 7.11 Å². The molecule has 1 fully saturated rings. The Balaban J connectivity index is 1.80. The van der Waals surface area contributed by atoms with Gasteiger partial charge in [0.2, 0.25) is 6.79 Å². The van der Waals surface area contributed by atoms with Crippen LogP contribution in [0.2, 0.25) is 0 Å². The van der Waals surface area contributed by atoms with E-state index in [9.17, 15) is 4.79 Å². The van der Waals surface area contributed by atoms with Crippen LogP contribution in [0.4, 0.5) is 0 Å². The van der Waals surface area contributed by atoms with Crippen molar-refractivity contribution in [2.24, 2.45) is 0 Å². The molecule has 110 valence electrons. The van der Waals surface area contributed by atoms with E-state index in [-0.39, 0.29) is 12.7 Å². The fourth-order valence-electron chi connectivity index (χ4n) is 2.13. The van der Waals surface area contributed by atoms with Crippen molar-refractivity contribution in [2.45, 2.75) is 0 Å². The van der Waals surface area contributed by atoms with E-state index in [0.29, 0.717) is 35.5 Å². The number of benzene rings is 1. The van der Waals surface area contributed by atoms with Crippen LogP contribution < -0.4 is 14.8 Å². The second kappa shape index (κ2) is 5.71. The number of nitrogens with zero attached hydrogens (tertiary/aromatic N) is 1. The van der Waals surface area contributed by atoms with Crippen LogP contribution in [0.15, 0.2) is 23.9 Å². The minimum atomic E-state index is -0.158. The summed E-state index contributed by atoms with van der Waals surface area (Å²) in [5.41, 5.74) is 1.28. The third-order valence-electron chi connectivity index (χ3n) is 3.19. The van der Waals surface area contributed by atoms with Crippen molar-refractivity contribution >= 4 is 29.3 Å². The smallest absolute Gasteiger partial charge is 0.276 e. The molecule has 0 aliphatic carbocycles. The van der Waals surface area contributed by atoms with Gasteiger partial charge in [-0.15, -0.1) is 0 Å². The summed E-state index contributed by atoms with van der Waals surface area (Å²) in [5, 5.41) is 3.31. The Hall–Kier alpha value is -2.12. The molecule has 0 radical (unpaired) electrons. The van der Waals surface area contributed by atoms with Gasteiger partial charge >= 0.3 is 0 Å². The highest BCUT2D eigenvalue weighted by Crippen LogP contribution is 2.33. The molecule has 0 bridgehead atoms. The maximum absolute atomic E-state index is 12.3. The molecule has 3 rings (SSSR count). The average Bonchev–Trinajstić information content (AvgIpc) is 3.03. The van der Waals surface area contributed by atoms with E-state index >= 15 is 0 Å². The number of thiocarbonyl (C=S) groups is 1. The molecular weight excluding hydrogens is 292 g/mol. The zero-order chi connectivity index (χ0) is 14.8. The van der Waals surface area contributed by atoms with Crippen LogP contribution in [0, 0.1) is 0 Å². The molecule has 0 spiro atoms. The third kappa shape index (κ3) is 2.70. The second-order valence-corrected chi connectivity index (χ2v) is 4.94. The number of hydrogen-bond acceptors (Lipinski definition) is 5. The molecule has 0 unspecified atom stereocenters. The number of methoxy groups -OCH3 is 1. The molecule has 1 saturated heterocycles. The lowest BCUT2D eigenvalue weighted by Gasteiger charge is -2.12. The molecule has 1 amide bonds. The molecule has 7 heteroatoms. The maximum Gasteiger partial charge on any atom is 0.276 e. The van der Waals surface area contributed by atoms with Crippen LogP contribution in [-0.4, -0.2) is 43.0 Å². The predicted molar refractivity (Wildman–Crippen MR) is 79.9 cm³/mol. The van der Waals surface area contributed by atoms with Crippen LogP contribution in [0.1, 0.15) is 5.56 Å². The molecule has 1 N–H and O–H groups in total. The minimum Gasteiger partial charge on any atom is -0.454 e. The minimum absolute atomic E-state index is 0.158. The van der Waals surface area contributed by atoms with Gasteiger partial charge in [-0.2, -0.15) is 0 Å². The van der Waals surface area contributed by atoms with E-state index in [2.05, 4.69) is 5.32 Å². The first-order valence-corrected chi connectivity index (χ1v) is 6.83. The van der Waals surface area contributed by atoms with Crippen molar-refractivity contribution in [3.8, 4) is 11.5 Å². The second-order valence-electron chi connectivity index (χ2n) is 4.55. The number of ether oxygens (including phenoxy) is 3. The van der Waals surface area contributed by atoms with Crippen LogP contribution in [0.3, 0.4) is 0 Å². The Bertz CT molecular complexity index is 629. The van der Waals surface area contributed by atoms with E-state index in [0.717, 1.165) is 5.56 Å². The lowest BCUT2D eigenvalue weighted by Crippen LogP contribution is -2.33. The number of nitrogens with one attached hydrogen (secondary N) is 1. The Morgan fingerprint density at radius 2 is 2.24 bits per heavy atom. The molecule has 2 aliphatic rings. The summed E-state index contributed by atoms with van der Waals surface area (Å²) < 4.78 is 15.5. The van der Waals surface area contributed by atoms with Gasteiger partial charge in [-0.05, 0) is 36.0 Å². The molecule has 2 heterocycles. The monoisotopic (exact) mass is 306 g/mol. The highest BCUT2D eigenvalue weighted by Gasteiger charge is 2.30. The molecule has 6 nitrogen and oxygen atoms in total. The summed E-state index contributed by atoms with van der Waals surface area (Å²) in [6.07, 6.45) is 1.74. The third-order valence-corrected chi connectivity index (χ3v) is 3.51. The van der Waals surface area contributed by atoms with Crippen LogP contribution in [0.5, 0.6) is 11.5 Å². The van der Waals surface area contributed by atoms with Gasteiger partial charge in [-0.3, -0.25) is 9.69 Å². The van der Waals surface area contributed by atoms with Crippen LogP contribution in [0.25, 0.3) is 6.08 Å². The molecule has 1 aromatic carbocycles. The molecule has 21 heavy (non-hydrogen) atoms. The number of amides is 1. The van der Waals surface area contributed by atoms with Gasteiger partial charge in [0.1, 0.15) is 5.70 Å². The number of fused-ring (bicyclic) bond motifs is 1. The first-order valence-electron chi connectivity index (χ1n) is 6.42. The highest BCUT2D eigenvalue weighted by molar-refractivity contribution is 7.80. The zero-order valence-corrected chi connectivity index (χ0v) is 12.2. The fourth-order valence-corrected chi connectivity index (χ4v) is 2.41. The Labute approximate surface area is 127 Å². The van der Waals surface area contributed by atoms with Crippen molar-refractivity contribution in [2.75, 3.05) is 27.1 Å². The standard InChI is InChI=1S/C14H14N2O4S/c1-18-5-4-16-13(17)10(15-14(16)21)6-9-2-3-11-12(7-9)20-8-19-11/h2-3,6-7H,4-5,8H2,1H3,(H,15,21). The Morgan fingerprint density at radius 1 is 1.43 bits per heavy atom. The number of rotatable bonds is 4. The average molecular weight is 306 g/mol. The van der Waals surface area contributed by atoms with Crippen molar-refractivity contribution < 1.29 is 19.0 Å². The van der Waals surface area contributed by atoms with E-state index in [1.54, 1.807) is 13.2 Å². The van der Waals surface area contributed by atoms with Crippen LogP contribution in [-0.2, 0) is 9.53 Å². The van der Waals surface area contributed by atoms with Crippen molar-refractivity contribution in [3.05, 3.63) is 29.5 Å². The van der Waals surface area contributed by atoms with Gasteiger partial charge in [-0.25, -0.2) is 0 Å². The summed E-state index contributed by atoms with van der Waals surface area (Å²) in [7, 11) is 1.58. The first-order chi connectivity index (χ1) is 10.2. The quantitative estimate of drug-likeness (QED) is 0.664. The Kier molecular flexibility index (Phi) is 3.76. The van der Waals surface area contributed by atoms with Gasteiger partial charge in [0.25, 0.3) is 5.91 Å². The largest absolute Gasteiger partial charge is 0.454 e. The number of carbonyl (C=O) groups excluding carboxylic acids is 1. The topological polar surface area (TPSA) is 60.0 Å².